The highest BCUT2D eigenvalue weighted by atomic mass is 16.4. The minimum atomic E-state index is -0.862. The van der Waals surface area contributed by atoms with Gasteiger partial charge in [-0.3, -0.25) is 14.5 Å². The van der Waals surface area contributed by atoms with Crippen molar-refractivity contribution in [2.24, 2.45) is 5.92 Å². The first-order chi connectivity index (χ1) is 14.9. The Morgan fingerprint density at radius 3 is 2.52 bits per heavy atom. The van der Waals surface area contributed by atoms with E-state index in [4.69, 9.17) is 4.42 Å². The second kappa shape index (κ2) is 10.6. The molecular formula is C24H33N3O4. The molecule has 7 nitrogen and oxygen atoms in total. The normalized spacial score (nSPS) is 22.5. The fraction of sp³-hybridized carbons (Fsp3) is 0.542. The highest BCUT2D eigenvalue weighted by molar-refractivity contribution is 5.75. The van der Waals surface area contributed by atoms with Crippen LogP contribution >= 0.6 is 0 Å². The number of carbonyl (C=O) groups is 2. The number of hydrogen-bond acceptors (Lipinski definition) is 5. The van der Waals surface area contributed by atoms with E-state index in [0.29, 0.717) is 24.8 Å². The summed E-state index contributed by atoms with van der Waals surface area (Å²) in [5.74, 6) is -0.220. The van der Waals surface area contributed by atoms with Gasteiger partial charge in [0.1, 0.15) is 12.3 Å². The van der Waals surface area contributed by atoms with Crippen LogP contribution < -0.4 is 5.32 Å². The van der Waals surface area contributed by atoms with Crippen molar-refractivity contribution in [3.05, 3.63) is 54.2 Å². The SMILES string of the molecule is CCC(CC)C[C@H](NC(C)=O)[C@H]1[C@H](c2ncco2)C[C@H](C(=O)O)N1Cc1ccccc1. The Kier molecular flexibility index (Phi) is 7.85. The lowest BCUT2D eigenvalue weighted by Crippen LogP contribution is -2.53. The Morgan fingerprint density at radius 2 is 1.97 bits per heavy atom. The molecule has 0 aliphatic carbocycles. The van der Waals surface area contributed by atoms with Crippen molar-refractivity contribution in [1.29, 1.82) is 0 Å². The van der Waals surface area contributed by atoms with Crippen LogP contribution in [0, 0.1) is 5.92 Å². The highest BCUT2D eigenvalue weighted by Crippen LogP contribution is 2.41. The van der Waals surface area contributed by atoms with E-state index in [-0.39, 0.29) is 23.9 Å². The van der Waals surface area contributed by atoms with Gasteiger partial charge in [0, 0.05) is 25.6 Å². The van der Waals surface area contributed by atoms with Gasteiger partial charge in [0.2, 0.25) is 5.91 Å². The van der Waals surface area contributed by atoms with E-state index < -0.39 is 12.0 Å². The smallest absolute Gasteiger partial charge is 0.320 e. The molecule has 1 saturated heterocycles. The predicted molar refractivity (Wildman–Crippen MR) is 117 cm³/mol. The number of hydrogen-bond donors (Lipinski definition) is 2. The van der Waals surface area contributed by atoms with E-state index >= 15 is 0 Å². The molecule has 1 aromatic carbocycles. The van der Waals surface area contributed by atoms with Crippen LogP contribution in [0.2, 0.25) is 0 Å². The number of benzene rings is 1. The second-order valence-corrected chi connectivity index (χ2v) is 8.44. The average Bonchev–Trinajstić information content (AvgIpc) is 3.39. The van der Waals surface area contributed by atoms with Gasteiger partial charge in [-0.2, -0.15) is 0 Å². The Balaban J connectivity index is 2.03. The van der Waals surface area contributed by atoms with Crippen LogP contribution in [0.5, 0.6) is 0 Å². The number of oxazole rings is 1. The monoisotopic (exact) mass is 427 g/mol. The van der Waals surface area contributed by atoms with E-state index in [2.05, 4.69) is 24.1 Å². The number of likely N-dealkylation sites (tertiary alicyclic amines) is 1. The van der Waals surface area contributed by atoms with Crippen molar-refractivity contribution < 1.29 is 19.1 Å². The number of nitrogens with one attached hydrogen (secondary N) is 1. The average molecular weight is 428 g/mol. The zero-order valence-corrected chi connectivity index (χ0v) is 18.5. The summed E-state index contributed by atoms with van der Waals surface area (Å²) in [5, 5.41) is 13.2. The summed E-state index contributed by atoms with van der Waals surface area (Å²) in [5.41, 5.74) is 1.04. The van der Waals surface area contributed by atoms with Gasteiger partial charge in [-0.15, -0.1) is 0 Å². The van der Waals surface area contributed by atoms with Crippen LogP contribution in [0.4, 0.5) is 0 Å². The summed E-state index contributed by atoms with van der Waals surface area (Å²) in [6, 6.07) is 8.75. The molecule has 1 aliphatic rings. The van der Waals surface area contributed by atoms with E-state index in [1.807, 2.05) is 35.2 Å². The van der Waals surface area contributed by atoms with Crippen molar-refractivity contribution in [3.8, 4) is 0 Å². The minimum Gasteiger partial charge on any atom is -0.480 e. The molecule has 1 fully saturated rings. The van der Waals surface area contributed by atoms with Crippen molar-refractivity contribution >= 4 is 11.9 Å². The molecule has 0 bridgehead atoms. The summed E-state index contributed by atoms with van der Waals surface area (Å²) < 4.78 is 5.64. The molecule has 1 amide bonds. The molecule has 0 unspecified atom stereocenters. The largest absolute Gasteiger partial charge is 0.480 e. The van der Waals surface area contributed by atoms with Crippen molar-refractivity contribution in [2.45, 2.75) is 77.0 Å². The fourth-order valence-electron chi connectivity index (χ4n) is 4.91. The molecular weight excluding hydrogens is 394 g/mol. The molecule has 2 heterocycles. The fourth-order valence-corrected chi connectivity index (χ4v) is 4.91. The maximum atomic E-state index is 12.3. The topological polar surface area (TPSA) is 95.7 Å². The van der Waals surface area contributed by atoms with E-state index in [0.717, 1.165) is 24.8 Å². The van der Waals surface area contributed by atoms with Gasteiger partial charge in [-0.05, 0) is 24.3 Å². The third-order valence-corrected chi connectivity index (χ3v) is 6.48. The predicted octanol–water partition coefficient (Wildman–Crippen LogP) is 3.82. The van der Waals surface area contributed by atoms with Crippen LogP contribution in [0.25, 0.3) is 0 Å². The van der Waals surface area contributed by atoms with Crippen molar-refractivity contribution in [1.82, 2.24) is 15.2 Å². The molecule has 31 heavy (non-hydrogen) atoms. The zero-order valence-electron chi connectivity index (χ0n) is 18.5. The maximum Gasteiger partial charge on any atom is 0.320 e. The Labute approximate surface area is 183 Å². The summed E-state index contributed by atoms with van der Waals surface area (Å²) in [6.45, 7) is 6.31. The molecule has 4 atom stereocenters. The number of carboxylic acid groups (broad SMARTS) is 1. The summed E-state index contributed by atoms with van der Waals surface area (Å²) >= 11 is 0. The molecule has 2 aromatic rings. The lowest BCUT2D eigenvalue weighted by Gasteiger charge is -2.37. The molecule has 168 valence electrons. The second-order valence-electron chi connectivity index (χ2n) is 8.44. The van der Waals surface area contributed by atoms with E-state index in [1.165, 1.54) is 13.2 Å². The molecule has 3 rings (SSSR count). The maximum absolute atomic E-state index is 12.3. The lowest BCUT2D eigenvalue weighted by atomic mass is 9.85. The first kappa shape index (κ1) is 23.0. The van der Waals surface area contributed by atoms with Crippen LogP contribution in [0.3, 0.4) is 0 Å². The van der Waals surface area contributed by atoms with Crippen molar-refractivity contribution in [2.75, 3.05) is 0 Å². The summed E-state index contributed by atoms with van der Waals surface area (Å²) in [6.07, 6.45) is 6.30. The first-order valence-corrected chi connectivity index (χ1v) is 11.1. The quantitative estimate of drug-likeness (QED) is 0.599. The number of carboxylic acids is 1. The third kappa shape index (κ3) is 5.53. The van der Waals surface area contributed by atoms with Crippen LogP contribution in [0.1, 0.15) is 63.8 Å². The Hall–Kier alpha value is -2.67. The molecule has 0 saturated carbocycles. The van der Waals surface area contributed by atoms with Gasteiger partial charge < -0.3 is 14.8 Å². The highest BCUT2D eigenvalue weighted by Gasteiger charge is 2.50. The van der Waals surface area contributed by atoms with Gasteiger partial charge in [-0.1, -0.05) is 57.0 Å². The van der Waals surface area contributed by atoms with Gasteiger partial charge in [0.15, 0.2) is 5.89 Å². The number of rotatable bonds is 10. The molecule has 0 radical (unpaired) electrons. The van der Waals surface area contributed by atoms with Crippen LogP contribution in [0.15, 0.2) is 47.2 Å². The van der Waals surface area contributed by atoms with Gasteiger partial charge >= 0.3 is 5.97 Å². The molecule has 7 heteroatoms. The number of amides is 1. The molecule has 1 aliphatic heterocycles. The third-order valence-electron chi connectivity index (χ3n) is 6.48. The number of aromatic nitrogens is 1. The summed E-state index contributed by atoms with van der Waals surface area (Å²) in [7, 11) is 0. The first-order valence-electron chi connectivity index (χ1n) is 11.1. The van der Waals surface area contributed by atoms with E-state index in [9.17, 15) is 14.7 Å². The van der Waals surface area contributed by atoms with Gasteiger partial charge in [-0.25, -0.2) is 4.98 Å². The molecule has 0 spiro atoms. The van der Waals surface area contributed by atoms with Gasteiger partial charge in [0.25, 0.3) is 0 Å². The van der Waals surface area contributed by atoms with Crippen LogP contribution in [-0.2, 0) is 16.1 Å². The molecule has 1 aromatic heterocycles. The minimum absolute atomic E-state index is 0.111. The van der Waals surface area contributed by atoms with E-state index in [1.54, 1.807) is 6.20 Å². The standard InChI is InChI=1S/C24H33N3O4/c1-4-17(5-2)13-20(26-16(3)28)22-19(23-25-11-12-31-23)14-21(24(29)30)27(22)15-18-9-7-6-8-10-18/h6-12,17,19-22H,4-5,13-15H2,1-3H3,(H,26,28)(H,29,30)/t19-,20+,21-,22-/m1/s1. The zero-order chi connectivity index (χ0) is 22.4. The Morgan fingerprint density at radius 1 is 1.26 bits per heavy atom. The van der Waals surface area contributed by atoms with Crippen molar-refractivity contribution in [3.63, 3.8) is 0 Å². The Bertz CT molecular complexity index is 836. The summed E-state index contributed by atoms with van der Waals surface area (Å²) in [4.78, 5) is 30.8. The van der Waals surface area contributed by atoms with Crippen LogP contribution in [-0.4, -0.2) is 45.0 Å². The number of carbonyl (C=O) groups excluding carboxylic acids is 1. The number of nitrogens with zero attached hydrogens (tertiary/aromatic N) is 2. The number of aliphatic carboxylic acids is 1. The molecule has 2 N–H and O–H groups in total. The van der Waals surface area contributed by atoms with Gasteiger partial charge in [0.05, 0.1) is 12.1 Å². The lowest BCUT2D eigenvalue weighted by molar-refractivity contribution is -0.143.